The molecule has 1 heterocycles. The Hall–Kier alpha value is -2.51. The lowest BCUT2D eigenvalue weighted by Crippen LogP contribution is -2.45. The van der Waals surface area contributed by atoms with Crippen LogP contribution in [0.5, 0.6) is 0 Å². The third-order valence-electron chi connectivity index (χ3n) is 4.76. The van der Waals surface area contributed by atoms with Crippen molar-refractivity contribution in [3.05, 3.63) is 35.4 Å². The summed E-state index contributed by atoms with van der Waals surface area (Å²) in [5, 5.41) is 5.11. The van der Waals surface area contributed by atoms with Gasteiger partial charge in [0, 0.05) is 11.6 Å². The second kappa shape index (κ2) is 6.09. The molecule has 2 unspecified atom stereocenters. The molecule has 8 heteroatoms. The molecule has 0 spiro atoms. The average Bonchev–Trinajstić information content (AvgIpc) is 3.35. The Balaban J connectivity index is 1.77. The van der Waals surface area contributed by atoms with E-state index in [1.54, 1.807) is 0 Å². The SMILES string of the molecule is CC(NC(=O)CN1C(=O)NC(C)(c2cc(F)ccc2F)C1=O)C1CC1. The van der Waals surface area contributed by atoms with Crippen LogP contribution in [0.15, 0.2) is 18.2 Å². The number of rotatable bonds is 5. The molecule has 6 nitrogen and oxygen atoms in total. The van der Waals surface area contributed by atoms with Gasteiger partial charge >= 0.3 is 6.03 Å². The lowest BCUT2D eigenvalue weighted by atomic mass is 9.91. The molecule has 0 bridgehead atoms. The fourth-order valence-corrected chi connectivity index (χ4v) is 3.06. The number of urea groups is 1. The fraction of sp³-hybridized carbons (Fsp3) is 0.471. The van der Waals surface area contributed by atoms with Crippen LogP contribution in [0.4, 0.5) is 13.6 Å². The van der Waals surface area contributed by atoms with Crippen LogP contribution in [0.3, 0.4) is 0 Å². The second-order valence-corrected chi connectivity index (χ2v) is 6.76. The molecule has 1 aliphatic heterocycles. The quantitative estimate of drug-likeness (QED) is 0.792. The topological polar surface area (TPSA) is 78.5 Å². The van der Waals surface area contributed by atoms with Crippen LogP contribution in [0, 0.1) is 17.6 Å². The molecule has 2 atom stereocenters. The number of carbonyl (C=O) groups excluding carboxylic acids is 3. The summed E-state index contributed by atoms with van der Waals surface area (Å²) in [6.45, 7) is 2.69. The van der Waals surface area contributed by atoms with E-state index in [2.05, 4.69) is 10.6 Å². The summed E-state index contributed by atoms with van der Waals surface area (Å²) in [4.78, 5) is 37.6. The van der Waals surface area contributed by atoms with Crippen molar-refractivity contribution in [1.29, 1.82) is 0 Å². The van der Waals surface area contributed by atoms with Crippen molar-refractivity contribution in [2.45, 2.75) is 38.3 Å². The maximum Gasteiger partial charge on any atom is 0.325 e. The third kappa shape index (κ3) is 3.20. The standard InChI is InChI=1S/C17H19F2N3O3/c1-9(10-3-4-10)20-14(23)8-22-15(24)17(2,21-16(22)25)12-7-11(18)5-6-13(12)19/h5-7,9-10H,3-4,8H2,1-2H3,(H,20,23)(H,21,25). The molecule has 2 fully saturated rings. The van der Waals surface area contributed by atoms with Gasteiger partial charge in [0.25, 0.3) is 5.91 Å². The molecule has 1 aromatic carbocycles. The largest absolute Gasteiger partial charge is 0.352 e. The van der Waals surface area contributed by atoms with Gasteiger partial charge in [-0.3, -0.25) is 14.5 Å². The average molecular weight is 351 g/mol. The van der Waals surface area contributed by atoms with Crippen molar-refractivity contribution in [2.24, 2.45) is 5.92 Å². The lowest BCUT2D eigenvalue weighted by Gasteiger charge is -2.23. The third-order valence-corrected chi connectivity index (χ3v) is 4.76. The van der Waals surface area contributed by atoms with Crippen LogP contribution >= 0.6 is 0 Å². The van der Waals surface area contributed by atoms with Gasteiger partial charge in [0.2, 0.25) is 5.91 Å². The van der Waals surface area contributed by atoms with Crippen molar-refractivity contribution in [3.63, 3.8) is 0 Å². The van der Waals surface area contributed by atoms with E-state index in [1.807, 2.05) is 6.92 Å². The molecule has 2 N–H and O–H groups in total. The van der Waals surface area contributed by atoms with Crippen LogP contribution in [0.1, 0.15) is 32.3 Å². The summed E-state index contributed by atoms with van der Waals surface area (Å²) in [6.07, 6.45) is 2.09. The molecule has 1 saturated carbocycles. The molecule has 1 saturated heterocycles. The number of carbonyl (C=O) groups is 3. The summed E-state index contributed by atoms with van der Waals surface area (Å²) in [6, 6.07) is 1.84. The number of halogens is 2. The minimum atomic E-state index is -1.76. The summed E-state index contributed by atoms with van der Waals surface area (Å²) in [5.41, 5.74) is -2.04. The second-order valence-electron chi connectivity index (χ2n) is 6.76. The van der Waals surface area contributed by atoms with E-state index in [0.29, 0.717) is 5.92 Å². The zero-order valence-corrected chi connectivity index (χ0v) is 13.9. The molecule has 1 aromatic rings. The van der Waals surface area contributed by atoms with Crippen molar-refractivity contribution in [3.8, 4) is 0 Å². The highest BCUT2D eigenvalue weighted by atomic mass is 19.1. The Labute approximate surface area is 143 Å². The highest BCUT2D eigenvalue weighted by Gasteiger charge is 2.51. The molecule has 0 radical (unpaired) electrons. The summed E-state index contributed by atoms with van der Waals surface area (Å²) < 4.78 is 27.5. The van der Waals surface area contributed by atoms with Crippen molar-refractivity contribution in [1.82, 2.24) is 15.5 Å². The van der Waals surface area contributed by atoms with Gasteiger partial charge < -0.3 is 10.6 Å². The van der Waals surface area contributed by atoms with Crippen LogP contribution in [0.2, 0.25) is 0 Å². The van der Waals surface area contributed by atoms with Gasteiger partial charge in [-0.05, 0) is 50.8 Å². The van der Waals surface area contributed by atoms with Crippen LogP contribution in [-0.4, -0.2) is 35.3 Å². The number of hydrogen-bond acceptors (Lipinski definition) is 3. The van der Waals surface area contributed by atoms with Crippen LogP contribution < -0.4 is 10.6 Å². The van der Waals surface area contributed by atoms with Gasteiger partial charge in [-0.1, -0.05) is 0 Å². The summed E-state index contributed by atoms with van der Waals surface area (Å²) in [5.74, 6) is -2.37. The number of amides is 4. The molecule has 25 heavy (non-hydrogen) atoms. The first-order valence-corrected chi connectivity index (χ1v) is 8.11. The van der Waals surface area contributed by atoms with Gasteiger partial charge in [0.1, 0.15) is 23.7 Å². The van der Waals surface area contributed by atoms with Crippen molar-refractivity contribution in [2.75, 3.05) is 6.54 Å². The molecule has 3 rings (SSSR count). The maximum atomic E-state index is 14.1. The van der Waals surface area contributed by atoms with E-state index in [4.69, 9.17) is 0 Å². The first-order valence-electron chi connectivity index (χ1n) is 8.11. The normalized spacial score (nSPS) is 24.2. The minimum Gasteiger partial charge on any atom is -0.352 e. The highest BCUT2D eigenvalue weighted by molar-refractivity contribution is 6.09. The monoisotopic (exact) mass is 351 g/mol. The highest BCUT2D eigenvalue weighted by Crippen LogP contribution is 2.33. The van der Waals surface area contributed by atoms with E-state index in [1.165, 1.54) is 6.92 Å². The van der Waals surface area contributed by atoms with Gasteiger partial charge in [-0.25, -0.2) is 13.6 Å². The van der Waals surface area contributed by atoms with E-state index in [9.17, 15) is 23.2 Å². The minimum absolute atomic E-state index is 0.0275. The van der Waals surface area contributed by atoms with Gasteiger partial charge in [-0.2, -0.15) is 0 Å². The summed E-state index contributed by atoms with van der Waals surface area (Å²) in [7, 11) is 0. The fourth-order valence-electron chi connectivity index (χ4n) is 3.06. The van der Waals surface area contributed by atoms with E-state index in [0.717, 1.165) is 35.9 Å². The molecule has 2 aliphatic rings. The Bertz CT molecular complexity index is 751. The zero-order chi connectivity index (χ0) is 18.4. The summed E-state index contributed by atoms with van der Waals surface area (Å²) >= 11 is 0. The number of nitrogens with zero attached hydrogens (tertiary/aromatic N) is 1. The molecular formula is C17H19F2N3O3. The van der Waals surface area contributed by atoms with Crippen LogP contribution in [0.25, 0.3) is 0 Å². The maximum absolute atomic E-state index is 14.1. The number of imide groups is 1. The van der Waals surface area contributed by atoms with Crippen molar-refractivity contribution >= 4 is 17.8 Å². The van der Waals surface area contributed by atoms with Crippen LogP contribution in [-0.2, 0) is 15.1 Å². The molecule has 4 amide bonds. The molecule has 134 valence electrons. The smallest absolute Gasteiger partial charge is 0.325 e. The Kier molecular flexibility index (Phi) is 4.22. The van der Waals surface area contributed by atoms with Gasteiger partial charge in [0.15, 0.2) is 0 Å². The van der Waals surface area contributed by atoms with E-state index < -0.39 is 41.6 Å². The first kappa shape index (κ1) is 17.3. The zero-order valence-electron chi connectivity index (χ0n) is 13.9. The molecule has 0 aromatic heterocycles. The number of hydrogen-bond donors (Lipinski definition) is 2. The van der Waals surface area contributed by atoms with Crippen molar-refractivity contribution < 1.29 is 23.2 Å². The Morgan fingerprint density at radius 3 is 2.72 bits per heavy atom. The number of benzene rings is 1. The van der Waals surface area contributed by atoms with E-state index in [-0.39, 0.29) is 11.6 Å². The first-order chi connectivity index (χ1) is 11.7. The molecular weight excluding hydrogens is 332 g/mol. The lowest BCUT2D eigenvalue weighted by molar-refractivity contribution is -0.135. The molecule has 1 aliphatic carbocycles. The predicted molar refractivity (Wildman–Crippen MR) is 84.3 cm³/mol. The predicted octanol–water partition coefficient (Wildman–Crippen LogP) is 1.65. The number of nitrogens with one attached hydrogen (secondary N) is 2. The van der Waals surface area contributed by atoms with E-state index >= 15 is 0 Å². The van der Waals surface area contributed by atoms with Gasteiger partial charge in [0.05, 0.1) is 0 Å². The van der Waals surface area contributed by atoms with Gasteiger partial charge in [-0.15, -0.1) is 0 Å². The Morgan fingerprint density at radius 1 is 1.40 bits per heavy atom. The Morgan fingerprint density at radius 2 is 2.08 bits per heavy atom.